The lowest BCUT2D eigenvalue weighted by molar-refractivity contribution is 0.110. The highest BCUT2D eigenvalue weighted by Gasteiger charge is 2.26. The SMILES string of the molecule is CCCCc1ccc(Oc2ccccc2-c2nnc(CO/N=C(\c3nnnn3C)C3C=CC=CC3C)o2)cc1. The first-order chi connectivity index (χ1) is 19.1. The van der Waals surface area contributed by atoms with Gasteiger partial charge in [0.15, 0.2) is 12.4 Å². The van der Waals surface area contributed by atoms with Crippen LogP contribution in [0.5, 0.6) is 11.5 Å². The monoisotopic (exact) mass is 525 g/mol. The van der Waals surface area contributed by atoms with Crippen LogP contribution in [0.4, 0.5) is 0 Å². The van der Waals surface area contributed by atoms with Crippen molar-refractivity contribution in [2.75, 3.05) is 0 Å². The summed E-state index contributed by atoms with van der Waals surface area (Å²) in [5, 5.41) is 24.6. The molecule has 1 aliphatic carbocycles. The van der Waals surface area contributed by atoms with E-state index in [-0.39, 0.29) is 24.3 Å². The minimum atomic E-state index is -0.0392. The first kappa shape index (κ1) is 26.0. The van der Waals surface area contributed by atoms with Gasteiger partial charge in [0.25, 0.3) is 11.8 Å². The summed E-state index contributed by atoms with van der Waals surface area (Å²) in [6.45, 7) is 4.29. The molecule has 2 unspecified atom stereocenters. The predicted molar refractivity (Wildman–Crippen MR) is 146 cm³/mol. The Labute approximate surface area is 227 Å². The van der Waals surface area contributed by atoms with Gasteiger partial charge in [0.1, 0.15) is 17.2 Å². The van der Waals surface area contributed by atoms with Crippen LogP contribution in [0.1, 0.15) is 44.0 Å². The molecule has 2 atom stereocenters. The van der Waals surface area contributed by atoms with Gasteiger partial charge in [0, 0.05) is 13.0 Å². The third-order valence-electron chi connectivity index (χ3n) is 6.48. The summed E-state index contributed by atoms with van der Waals surface area (Å²) in [4.78, 5) is 5.67. The molecule has 2 heterocycles. The van der Waals surface area contributed by atoms with E-state index in [1.54, 1.807) is 11.7 Å². The fourth-order valence-corrected chi connectivity index (χ4v) is 4.30. The Kier molecular flexibility index (Phi) is 8.20. The lowest BCUT2D eigenvalue weighted by atomic mass is 9.86. The van der Waals surface area contributed by atoms with Crippen molar-refractivity contribution in [1.29, 1.82) is 0 Å². The smallest absolute Gasteiger partial charge is 0.257 e. The van der Waals surface area contributed by atoms with Gasteiger partial charge in [-0.3, -0.25) is 0 Å². The summed E-state index contributed by atoms with van der Waals surface area (Å²) in [5.74, 6) is 2.67. The molecule has 2 aromatic carbocycles. The quantitative estimate of drug-likeness (QED) is 0.181. The molecular formula is C29H31N7O3. The Balaban J connectivity index is 1.29. The number of para-hydroxylation sites is 1. The van der Waals surface area contributed by atoms with Gasteiger partial charge in [-0.25, -0.2) is 4.68 Å². The van der Waals surface area contributed by atoms with Gasteiger partial charge in [-0.05, 0) is 59.0 Å². The average Bonchev–Trinajstić information content (AvgIpc) is 3.61. The highest BCUT2D eigenvalue weighted by atomic mass is 16.6. The molecule has 1 aliphatic rings. The number of ether oxygens (including phenoxy) is 1. The molecule has 200 valence electrons. The lowest BCUT2D eigenvalue weighted by Crippen LogP contribution is -2.25. The maximum atomic E-state index is 6.16. The number of aromatic nitrogens is 6. The summed E-state index contributed by atoms with van der Waals surface area (Å²) in [6, 6.07) is 15.7. The third-order valence-corrected chi connectivity index (χ3v) is 6.48. The second-order valence-corrected chi connectivity index (χ2v) is 9.38. The Hall–Kier alpha value is -4.60. The first-order valence-corrected chi connectivity index (χ1v) is 13.1. The van der Waals surface area contributed by atoms with E-state index in [9.17, 15) is 0 Å². The van der Waals surface area contributed by atoms with Gasteiger partial charge in [0.2, 0.25) is 0 Å². The van der Waals surface area contributed by atoms with Crippen molar-refractivity contribution in [3.63, 3.8) is 0 Å². The highest BCUT2D eigenvalue weighted by molar-refractivity contribution is 6.00. The second kappa shape index (κ2) is 12.3. The van der Waals surface area contributed by atoms with Crippen LogP contribution in [0.2, 0.25) is 0 Å². The van der Waals surface area contributed by atoms with E-state index in [4.69, 9.17) is 14.0 Å². The summed E-state index contributed by atoms with van der Waals surface area (Å²) < 4.78 is 13.6. The van der Waals surface area contributed by atoms with Crippen molar-refractivity contribution in [2.24, 2.45) is 24.0 Å². The molecule has 0 spiro atoms. The van der Waals surface area contributed by atoms with Crippen LogP contribution >= 0.6 is 0 Å². The zero-order valence-electron chi connectivity index (χ0n) is 22.3. The van der Waals surface area contributed by atoms with Gasteiger partial charge in [-0.2, -0.15) is 0 Å². The van der Waals surface area contributed by atoms with E-state index in [0.717, 1.165) is 12.2 Å². The van der Waals surface area contributed by atoms with E-state index >= 15 is 0 Å². The zero-order valence-corrected chi connectivity index (χ0v) is 22.3. The van der Waals surface area contributed by atoms with Crippen LogP contribution < -0.4 is 4.74 Å². The third kappa shape index (κ3) is 6.28. The molecule has 0 aliphatic heterocycles. The van der Waals surface area contributed by atoms with Crippen LogP contribution in [-0.2, 0) is 24.9 Å². The van der Waals surface area contributed by atoms with Gasteiger partial charge in [-0.1, -0.05) is 74.0 Å². The van der Waals surface area contributed by atoms with E-state index in [2.05, 4.69) is 69.0 Å². The molecule has 0 amide bonds. The molecular weight excluding hydrogens is 494 g/mol. The van der Waals surface area contributed by atoms with Crippen LogP contribution in [-0.4, -0.2) is 36.1 Å². The minimum Gasteiger partial charge on any atom is -0.457 e. The molecule has 39 heavy (non-hydrogen) atoms. The number of nitrogens with zero attached hydrogens (tertiary/aromatic N) is 7. The van der Waals surface area contributed by atoms with Crippen molar-refractivity contribution < 1.29 is 14.0 Å². The van der Waals surface area contributed by atoms with Gasteiger partial charge in [-0.15, -0.1) is 15.3 Å². The number of aryl methyl sites for hydroxylation is 2. The molecule has 0 saturated heterocycles. The molecule has 10 heteroatoms. The molecule has 0 bridgehead atoms. The van der Waals surface area contributed by atoms with Gasteiger partial charge >= 0.3 is 0 Å². The van der Waals surface area contributed by atoms with E-state index in [1.165, 1.54) is 18.4 Å². The molecule has 0 saturated carbocycles. The maximum absolute atomic E-state index is 6.16. The number of unbranched alkanes of at least 4 members (excludes halogenated alkanes) is 1. The number of rotatable bonds is 11. The molecule has 2 aromatic heterocycles. The topological polar surface area (TPSA) is 113 Å². The van der Waals surface area contributed by atoms with Gasteiger partial charge < -0.3 is 14.0 Å². The summed E-state index contributed by atoms with van der Waals surface area (Å²) >= 11 is 0. The van der Waals surface area contributed by atoms with Crippen molar-refractivity contribution in [1.82, 2.24) is 30.4 Å². The number of hydrogen-bond acceptors (Lipinski definition) is 9. The molecule has 4 aromatic rings. The fraction of sp³-hybridized carbons (Fsp3) is 0.310. The van der Waals surface area contributed by atoms with E-state index in [1.807, 2.05) is 48.6 Å². The van der Waals surface area contributed by atoms with Crippen molar-refractivity contribution in [3.8, 4) is 23.0 Å². The van der Waals surface area contributed by atoms with Crippen LogP contribution in [0.25, 0.3) is 11.5 Å². The highest BCUT2D eigenvalue weighted by Crippen LogP contribution is 2.33. The largest absolute Gasteiger partial charge is 0.457 e. The Morgan fingerprint density at radius 1 is 1.03 bits per heavy atom. The first-order valence-electron chi connectivity index (χ1n) is 13.1. The van der Waals surface area contributed by atoms with Crippen LogP contribution in [0, 0.1) is 11.8 Å². The van der Waals surface area contributed by atoms with Crippen LogP contribution in [0.3, 0.4) is 0 Å². The van der Waals surface area contributed by atoms with E-state index in [0.29, 0.717) is 28.7 Å². The molecule has 5 rings (SSSR count). The van der Waals surface area contributed by atoms with Gasteiger partial charge in [0.05, 0.1) is 5.56 Å². The van der Waals surface area contributed by atoms with Crippen molar-refractivity contribution >= 4 is 5.71 Å². The maximum Gasteiger partial charge on any atom is 0.257 e. The minimum absolute atomic E-state index is 0.00925. The summed E-state index contributed by atoms with van der Waals surface area (Å²) in [6.07, 6.45) is 11.6. The normalized spacial score (nSPS) is 16.9. The Morgan fingerprint density at radius 3 is 2.62 bits per heavy atom. The van der Waals surface area contributed by atoms with Crippen molar-refractivity contribution in [3.05, 3.63) is 90.1 Å². The molecule has 0 N–H and O–H groups in total. The number of oxime groups is 1. The summed E-state index contributed by atoms with van der Waals surface area (Å²) in [7, 11) is 1.77. The summed E-state index contributed by atoms with van der Waals surface area (Å²) in [5.41, 5.74) is 2.61. The number of hydrogen-bond donors (Lipinski definition) is 0. The molecule has 10 nitrogen and oxygen atoms in total. The molecule has 0 radical (unpaired) electrons. The zero-order chi connectivity index (χ0) is 27.0. The number of tetrazole rings is 1. The fourth-order valence-electron chi connectivity index (χ4n) is 4.30. The Bertz CT molecular complexity index is 1470. The lowest BCUT2D eigenvalue weighted by Gasteiger charge is -2.20. The number of allylic oxidation sites excluding steroid dienone is 4. The predicted octanol–water partition coefficient (Wildman–Crippen LogP) is 5.69. The number of benzene rings is 2. The second-order valence-electron chi connectivity index (χ2n) is 9.38. The average molecular weight is 526 g/mol. The van der Waals surface area contributed by atoms with Crippen LogP contribution in [0.15, 0.2) is 82.4 Å². The van der Waals surface area contributed by atoms with E-state index < -0.39 is 0 Å². The molecule has 0 fully saturated rings. The van der Waals surface area contributed by atoms with Crippen molar-refractivity contribution in [2.45, 2.75) is 39.7 Å². The Morgan fingerprint density at radius 2 is 1.85 bits per heavy atom. The standard InChI is InChI=1S/C29H31N7O3/c1-4-5-11-21-15-17-22(18-16-21)38-25-14-9-8-13-24(25)29-32-30-26(39-29)19-37-33-27(28-31-34-35-36(28)3)23-12-7-6-10-20(23)2/h6-10,12-18,20,23H,4-5,11,19H2,1-3H3/b33-27-.